The van der Waals surface area contributed by atoms with Crippen molar-refractivity contribution in [2.45, 2.75) is 0 Å². The van der Waals surface area contributed by atoms with Crippen molar-refractivity contribution in [3.63, 3.8) is 0 Å². The molecule has 0 aromatic rings. The van der Waals surface area contributed by atoms with Crippen molar-refractivity contribution >= 4 is 25.2 Å². The zero-order valence-corrected chi connectivity index (χ0v) is 10.0. The number of carboxylic acid groups (broad SMARTS) is 3. The summed E-state index contributed by atoms with van der Waals surface area (Å²) in [4.78, 5) is 27.7. The molecule has 0 bridgehead atoms. The summed E-state index contributed by atoms with van der Waals surface area (Å²) in [6, 6.07) is 0. The van der Waals surface area contributed by atoms with Crippen LogP contribution < -0.4 is 17.2 Å². The van der Waals surface area contributed by atoms with Crippen LogP contribution in [-0.2, 0) is 14.4 Å². The molecule has 9 N–H and O–H groups in total. The van der Waals surface area contributed by atoms with Gasteiger partial charge in [0.05, 0.1) is 19.6 Å². The maximum Gasteiger partial charge on any atom is 0.673 e. The Labute approximate surface area is 110 Å². The van der Waals surface area contributed by atoms with Crippen LogP contribution in [0.5, 0.6) is 0 Å². The maximum absolute atomic E-state index is 9.75. The number of halogens is 4. The molecule has 0 heterocycles. The summed E-state index contributed by atoms with van der Waals surface area (Å²) in [7, 11) is -6.00. The summed E-state index contributed by atoms with van der Waals surface area (Å²) < 4.78 is 39.0. The topological polar surface area (TPSA) is 190 Å². The fourth-order valence-corrected chi connectivity index (χ4v) is 0. The highest BCUT2D eigenvalue weighted by Crippen LogP contribution is 2.06. The average molecular weight is 312 g/mol. The van der Waals surface area contributed by atoms with Crippen LogP contribution in [0.4, 0.5) is 17.3 Å². The number of nitrogens with two attached hydrogens (primary N) is 3. The molecule has 0 aliphatic heterocycles. The van der Waals surface area contributed by atoms with Crippen LogP contribution in [0.3, 0.4) is 0 Å². The third-order valence-corrected chi connectivity index (χ3v) is 0.524. The Hall–Kier alpha value is -1.93. The van der Waals surface area contributed by atoms with Crippen molar-refractivity contribution in [2.75, 3.05) is 19.6 Å². The fraction of sp³-hybridized carbons (Fsp3) is 0.500. The summed E-state index contributed by atoms with van der Waals surface area (Å²) in [5.41, 5.74) is 13.7. The third-order valence-electron chi connectivity index (χ3n) is 0.524. The molecule has 0 unspecified atom stereocenters. The van der Waals surface area contributed by atoms with Gasteiger partial charge in [-0.05, 0) is 0 Å². The molecule has 0 rings (SSSR count). The first-order valence-electron chi connectivity index (χ1n) is 4.44. The molecule has 0 fully saturated rings. The Balaban J connectivity index is -0.0000000853. The predicted octanol–water partition coefficient (Wildman–Crippen LogP) is -1.61. The lowest BCUT2D eigenvalue weighted by Gasteiger charge is -1.94. The Morgan fingerprint density at radius 3 is 0.750 bits per heavy atom. The van der Waals surface area contributed by atoms with Gasteiger partial charge in [0.2, 0.25) is 0 Å². The zero-order chi connectivity index (χ0) is 17.4. The van der Waals surface area contributed by atoms with Crippen LogP contribution in [-0.4, -0.2) is 60.1 Å². The number of carbonyl (C=O) groups is 3. The Morgan fingerprint density at radius 2 is 0.750 bits per heavy atom. The molecule has 20 heavy (non-hydrogen) atoms. The summed E-state index contributed by atoms with van der Waals surface area (Å²) in [5, 5.41) is 22.8. The summed E-state index contributed by atoms with van der Waals surface area (Å²) >= 11 is 0. The fourth-order valence-electron chi connectivity index (χ4n) is 0. The largest absolute Gasteiger partial charge is 0.673 e. The molecule has 9 nitrogen and oxygen atoms in total. The van der Waals surface area contributed by atoms with Crippen molar-refractivity contribution in [3.8, 4) is 0 Å². The molecule has 0 aromatic carbocycles. The highest BCUT2D eigenvalue weighted by molar-refractivity contribution is 6.50. The van der Waals surface area contributed by atoms with Crippen molar-refractivity contribution < 1.29 is 47.0 Å². The van der Waals surface area contributed by atoms with Gasteiger partial charge in [-0.15, -0.1) is 0 Å². The summed E-state index contributed by atoms with van der Waals surface area (Å²) in [5.74, 6) is -2.90. The van der Waals surface area contributed by atoms with E-state index < -0.39 is 25.2 Å². The first kappa shape index (κ1) is 26.6. The van der Waals surface area contributed by atoms with E-state index in [1.54, 1.807) is 0 Å². The molecule has 0 aliphatic rings. The van der Waals surface area contributed by atoms with E-state index in [9.17, 15) is 31.6 Å². The van der Waals surface area contributed by atoms with Gasteiger partial charge in [0.15, 0.2) is 0 Å². The Kier molecular flexibility index (Phi) is 22.7. The second kappa shape index (κ2) is 17.1. The van der Waals surface area contributed by atoms with E-state index in [4.69, 9.17) is 15.3 Å². The number of rotatable bonds is 3. The minimum atomic E-state index is -6.00. The average Bonchev–Trinajstić information content (AvgIpc) is 2.28. The molecule has 0 saturated carbocycles. The van der Waals surface area contributed by atoms with E-state index in [1.165, 1.54) is 0 Å². The minimum absolute atomic E-state index is 0.278. The molecule has 0 radical (unpaired) electrons. The lowest BCUT2D eigenvalue weighted by Crippen LogP contribution is -2.10. The van der Waals surface area contributed by atoms with Gasteiger partial charge in [-0.1, -0.05) is 0 Å². The monoisotopic (exact) mass is 312 g/mol. The smallest absolute Gasteiger partial charge is 0.480 e. The lowest BCUT2D eigenvalue weighted by molar-refractivity contribution is -0.136. The molecule has 0 spiro atoms. The number of aliphatic carboxylic acids is 3. The second-order valence-corrected chi connectivity index (χ2v) is 2.29. The van der Waals surface area contributed by atoms with E-state index in [1.807, 2.05) is 0 Å². The van der Waals surface area contributed by atoms with Gasteiger partial charge in [-0.25, -0.2) is 0 Å². The van der Waals surface area contributed by atoms with Crippen molar-refractivity contribution in [2.24, 2.45) is 17.2 Å². The summed E-state index contributed by atoms with van der Waals surface area (Å²) in [6.45, 7) is -0.833. The zero-order valence-electron chi connectivity index (χ0n) is 10.0. The highest BCUT2D eigenvalue weighted by Gasteiger charge is 2.20. The van der Waals surface area contributed by atoms with Gasteiger partial charge in [-0.2, -0.15) is 0 Å². The molecule has 0 aliphatic carbocycles. The standard InChI is InChI=1S/3C2H5NO2.BF4/c3*3-1-2(4)5;2-1(3,4)5/h3*1,3H2,(H,4,5);/q;;;-1. The molecule has 0 amide bonds. The van der Waals surface area contributed by atoms with Gasteiger partial charge >= 0.3 is 25.2 Å². The van der Waals surface area contributed by atoms with Gasteiger partial charge in [-0.3, -0.25) is 14.4 Å². The third kappa shape index (κ3) is 220. The summed E-state index contributed by atoms with van der Waals surface area (Å²) in [6.07, 6.45) is 0. The first-order chi connectivity index (χ1) is 8.81. The first-order valence-corrected chi connectivity index (χ1v) is 4.44. The lowest BCUT2D eigenvalue weighted by atomic mass is 10.3. The second-order valence-electron chi connectivity index (χ2n) is 2.29. The van der Waals surface area contributed by atoms with Crippen molar-refractivity contribution in [3.05, 3.63) is 0 Å². The van der Waals surface area contributed by atoms with E-state index in [2.05, 4.69) is 17.2 Å². The van der Waals surface area contributed by atoms with Gasteiger partial charge < -0.3 is 49.8 Å². The van der Waals surface area contributed by atoms with Crippen LogP contribution in [0, 0.1) is 0 Å². The van der Waals surface area contributed by atoms with Crippen molar-refractivity contribution in [1.82, 2.24) is 0 Å². The van der Waals surface area contributed by atoms with E-state index >= 15 is 0 Å². The van der Waals surface area contributed by atoms with Gasteiger partial charge in [0, 0.05) is 0 Å². The minimum Gasteiger partial charge on any atom is -0.480 e. The predicted molar refractivity (Wildman–Crippen MR) is 60.3 cm³/mol. The Bertz CT molecular complexity index is 239. The van der Waals surface area contributed by atoms with Crippen LogP contribution in [0.2, 0.25) is 0 Å². The van der Waals surface area contributed by atoms with Crippen LogP contribution in [0.15, 0.2) is 0 Å². The van der Waals surface area contributed by atoms with Crippen LogP contribution >= 0.6 is 0 Å². The molecule has 14 heteroatoms. The SMILES string of the molecule is F[B-](F)(F)F.NCC(=O)O.NCC(=O)O.NCC(=O)O. The molecule has 0 saturated heterocycles. The molecular weight excluding hydrogens is 297 g/mol. The van der Waals surface area contributed by atoms with E-state index in [-0.39, 0.29) is 19.6 Å². The van der Waals surface area contributed by atoms with Gasteiger partial charge in [0.25, 0.3) is 0 Å². The number of hydrogen-bond acceptors (Lipinski definition) is 6. The normalized spacial score (nSPS) is 8.55. The Morgan fingerprint density at radius 1 is 0.700 bits per heavy atom. The van der Waals surface area contributed by atoms with Crippen LogP contribution in [0.25, 0.3) is 0 Å². The quantitative estimate of drug-likeness (QED) is 0.263. The van der Waals surface area contributed by atoms with Crippen LogP contribution in [0.1, 0.15) is 0 Å². The molecule has 0 atom stereocenters. The van der Waals surface area contributed by atoms with Gasteiger partial charge in [0.1, 0.15) is 0 Å². The highest BCUT2D eigenvalue weighted by atomic mass is 19.5. The van der Waals surface area contributed by atoms with Crippen molar-refractivity contribution in [1.29, 1.82) is 0 Å². The molecule has 122 valence electrons. The molecule has 0 aromatic heterocycles. The maximum atomic E-state index is 9.75. The number of carboxylic acids is 3. The molecular formula is C6H15BF4N3O6-. The van der Waals surface area contributed by atoms with E-state index in [0.717, 1.165) is 0 Å². The van der Waals surface area contributed by atoms with E-state index in [0.29, 0.717) is 0 Å². The number of hydrogen-bond donors (Lipinski definition) is 6.